The van der Waals surface area contributed by atoms with Crippen LogP contribution in [0, 0.1) is 17.0 Å². The van der Waals surface area contributed by atoms with Crippen LogP contribution in [0.5, 0.6) is 0 Å². The van der Waals surface area contributed by atoms with Crippen molar-refractivity contribution in [2.45, 2.75) is 6.92 Å². The molecule has 7 heteroatoms. The third-order valence-corrected chi connectivity index (χ3v) is 3.25. The molecule has 0 heterocycles. The fraction of sp³-hybridized carbons (Fsp3) is 0.133. The van der Waals surface area contributed by atoms with Gasteiger partial charge in [-0.2, -0.15) is 0 Å². The van der Waals surface area contributed by atoms with Crippen LogP contribution in [0.15, 0.2) is 42.5 Å². The first-order valence-corrected chi connectivity index (χ1v) is 6.88. The Morgan fingerprint density at radius 2 is 1.82 bits per heavy atom. The van der Waals surface area contributed by atoms with E-state index in [1.165, 1.54) is 12.1 Å². The average molecular weight is 320 g/mol. The van der Waals surface area contributed by atoms with Crippen LogP contribution >= 0.6 is 11.6 Å². The molecular formula is C15H14ClN3O3. The van der Waals surface area contributed by atoms with Crippen molar-refractivity contribution in [1.29, 1.82) is 0 Å². The molecule has 0 fully saturated rings. The number of amides is 1. The van der Waals surface area contributed by atoms with Gasteiger partial charge in [0.1, 0.15) is 5.02 Å². The molecule has 0 saturated carbocycles. The minimum atomic E-state index is -0.570. The predicted octanol–water partition coefficient (Wildman–Crippen LogP) is 3.61. The quantitative estimate of drug-likeness (QED) is 0.651. The van der Waals surface area contributed by atoms with Gasteiger partial charge in [-0.05, 0) is 31.2 Å². The number of carbonyl (C=O) groups excluding carboxylic acids is 1. The number of nitro groups is 1. The predicted molar refractivity (Wildman–Crippen MR) is 86.4 cm³/mol. The summed E-state index contributed by atoms with van der Waals surface area (Å²) in [4.78, 5) is 22.0. The van der Waals surface area contributed by atoms with Crippen molar-refractivity contribution >= 4 is 34.6 Å². The molecule has 0 aromatic heterocycles. The fourth-order valence-corrected chi connectivity index (χ4v) is 1.97. The highest BCUT2D eigenvalue weighted by Gasteiger charge is 2.13. The molecule has 2 N–H and O–H groups in total. The zero-order chi connectivity index (χ0) is 16.1. The smallest absolute Gasteiger partial charge is 0.289 e. The zero-order valence-electron chi connectivity index (χ0n) is 11.8. The Hall–Kier alpha value is -2.60. The minimum Gasteiger partial charge on any atom is -0.376 e. The summed E-state index contributed by atoms with van der Waals surface area (Å²) in [5, 5.41) is 16.4. The lowest BCUT2D eigenvalue weighted by Gasteiger charge is -2.08. The van der Waals surface area contributed by atoms with Gasteiger partial charge in [-0.1, -0.05) is 29.3 Å². The molecule has 6 nitrogen and oxygen atoms in total. The number of rotatable bonds is 5. The summed E-state index contributed by atoms with van der Waals surface area (Å²) in [5.41, 5.74) is 2.05. The van der Waals surface area contributed by atoms with E-state index in [1.807, 2.05) is 19.1 Å². The first-order valence-electron chi connectivity index (χ1n) is 6.50. The number of benzene rings is 2. The van der Waals surface area contributed by atoms with Crippen molar-refractivity contribution in [3.8, 4) is 0 Å². The monoisotopic (exact) mass is 319 g/mol. The average Bonchev–Trinajstić information content (AvgIpc) is 2.48. The lowest BCUT2D eigenvalue weighted by atomic mass is 10.2. The number of nitrogens with one attached hydrogen (secondary N) is 2. The maximum absolute atomic E-state index is 11.8. The van der Waals surface area contributed by atoms with E-state index in [-0.39, 0.29) is 23.2 Å². The molecule has 2 aromatic carbocycles. The number of halogens is 1. The van der Waals surface area contributed by atoms with Gasteiger partial charge in [0.15, 0.2) is 0 Å². The van der Waals surface area contributed by atoms with Gasteiger partial charge in [0.25, 0.3) is 5.69 Å². The minimum absolute atomic E-state index is 0.00728. The van der Waals surface area contributed by atoms with Gasteiger partial charge >= 0.3 is 0 Å². The van der Waals surface area contributed by atoms with Gasteiger partial charge < -0.3 is 10.6 Å². The molecule has 0 bridgehead atoms. The van der Waals surface area contributed by atoms with E-state index in [0.717, 1.165) is 5.56 Å². The lowest BCUT2D eigenvalue weighted by molar-refractivity contribution is -0.384. The molecular weight excluding hydrogens is 306 g/mol. The summed E-state index contributed by atoms with van der Waals surface area (Å²) in [7, 11) is 0. The molecule has 2 aromatic rings. The number of hydrogen-bond acceptors (Lipinski definition) is 4. The molecule has 2 rings (SSSR count). The lowest BCUT2D eigenvalue weighted by Crippen LogP contribution is -2.21. The number of carbonyl (C=O) groups is 1. The van der Waals surface area contributed by atoms with Gasteiger partial charge in [0.2, 0.25) is 5.91 Å². The molecule has 0 aliphatic rings. The normalized spacial score (nSPS) is 10.1. The molecule has 0 unspecified atom stereocenters. The van der Waals surface area contributed by atoms with Crippen LogP contribution in [0.4, 0.5) is 17.1 Å². The van der Waals surface area contributed by atoms with E-state index >= 15 is 0 Å². The molecule has 0 spiro atoms. The Balaban J connectivity index is 1.95. The van der Waals surface area contributed by atoms with Gasteiger partial charge in [0, 0.05) is 17.4 Å². The first kappa shape index (κ1) is 15.8. The molecule has 0 aliphatic carbocycles. The largest absolute Gasteiger partial charge is 0.376 e. The van der Waals surface area contributed by atoms with Gasteiger partial charge in [0.05, 0.1) is 11.5 Å². The molecule has 22 heavy (non-hydrogen) atoms. The van der Waals surface area contributed by atoms with Crippen LogP contribution in [-0.4, -0.2) is 17.4 Å². The zero-order valence-corrected chi connectivity index (χ0v) is 12.6. The van der Waals surface area contributed by atoms with Crippen molar-refractivity contribution < 1.29 is 9.72 Å². The molecule has 0 radical (unpaired) electrons. The van der Waals surface area contributed by atoms with Crippen LogP contribution in [-0.2, 0) is 4.79 Å². The van der Waals surface area contributed by atoms with Gasteiger partial charge in [-0.3, -0.25) is 14.9 Å². The Labute approximate surface area is 132 Å². The number of nitrogens with zero attached hydrogens (tertiary/aromatic N) is 1. The summed E-state index contributed by atoms with van der Waals surface area (Å²) in [6.07, 6.45) is 0. The summed E-state index contributed by atoms with van der Waals surface area (Å²) < 4.78 is 0. The SMILES string of the molecule is Cc1ccc(NC(=O)CNc2ccc(Cl)c([N+](=O)[O-])c2)cc1. The highest BCUT2D eigenvalue weighted by Crippen LogP contribution is 2.27. The molecule has 1 amide bonds. The number of hydrogen-bond donors (Lipinski definition) is 2. The van der Waals surface area contributed by atoms with E-state index < -0.39 is 4.92 Å². The number of nitro benzene ring substituents is 1. The van der Waals surface area contributed by atoms with Crippen molar-refractivity contribution in [2.24, 2.45) is 0 Å². The molecule has 114 valence electrons. The van der Waals surface area contributed by atoms with Crippen LogP contribution in [0.1, 0.15) is 5.56 Å². The third-order valence-electron chi connectivity index (χ3n) is 2.93. The number of aryl methyl sites for hydroxylation is 1. The standard InChI is InChI=1S/C15H14ClN3O3/c1-10-2-4-11(5-3-10)18-15(20)9-17-12-6-7-13(16)14(8-12)19(21)22/h2-8,17H,9H2,1H3,(H,18,20). The van der Waals surface area contributed by atoms with E-state index in [4.69, 9.17) is 11.6 Å². The summed E-state index contributed by atoms with van der Waals surface area (Å²) >= 11 is 5.73. The Kier molecular flexibility index (Phi) is 4.95. The second-order valence-corrected chi connectivity index (χ2v) is 5.10. The van der Waals surface area contributed by atoms with Crippen molar-refractivity contribution in [2.75, 3.05) is 17.2 Å². The van der Waals surface area contributed by atoms with E-state index in [2.05, 4.69) is 10.6 Å². The molecule has 0 atom stereocenters. The van der Waals surface area contributed by atoms with E-state index in [0.29, 0.717) is 11.4 Å². The Morgan fingerprint density at radius 3 is 2.45 bits per heavy atom. The summed E-state index contributed by atoms with van der Waals surface area (Å²) in [6.45, 7) is 1.95. The van der Waals surface area contributed by atoms with Gasteiger partial charge in [-0.15, -0.1) is 0 Å². The van der Waals surface area contributed by atoms with Gasteiger partial charge in [-0.25, -0.2) is 0 Å². The third kappa shape index (κ3) is 4.20. The Bertz CT molecular complexity index is 702. The maximum Gasteiger partial charge on any atom is 0.289 e. The second kappa shape index (κ2) is 6.91. The van der Waals surface area contributed by atoms with Crippen LogP contribution in [0.3, 0.4) is 0 Å². The Morgan fingerprint density at radius 1 is 1.18 bits per heavy atom. The molecule has 0 aliphatic heterocycles. The summed E-state index contributed by atoms with van der Waals surface area (Å²) in [6, 6.07) is 11.7. The highest BCUT2D eigenvalue weighted by molar-refractivity contribution is 6.32. The number of anilines is 2. The van der Waals surface area contributed by atoms with Crippen LogP contribution < -0.4 is 10.6 Å². The maximum atomic E-state index is 11.8. The van der Waals surface area contributed by atoms with Crippen LogP contribution in [0.25, 0.3) is 0 Å². The van der Waals surface area contributed by atoms with Crippen molar-refractivity contribution in [1.82, 2.24) is 0 Å². The van der Waals surface area contributed by atoms with E-state index in [9.17, 15) is 14.9 Å². The topological polar surface area (TPSA) is 84.3 Å². The summed E-state index contributed by atoms with van der Waals surface area (Å²) in [5.74, 6) is -0.249. The van der Waals surface area contributed by atoms with Crippen molar-refractivity contribution in [3.63, 3.8) is 0 Å². The van der Waals surface area contributed by atoms with Crippen LogP contribution in [0.2, 0.25) is 5.02 Å². The van der Waals surface area contributed by atoms with E-state index in [1.54, 1.807) is 18.2 Å². The fourth-order valence-electron chi connectivity index (χ4n) is 1.79. The van der Waals surface area contributed by atoms with Crippen molar-refractivity contribution in [3.05, 3.63) is 63.2 Å². The first-order chi connectivity index (χ1) is 10.5. The highest BCUT2D eigenvalue weighted by atomic mass is 35.5. The second-order valence-electron chi connectivity index (χ2n) is 4.69. The molecule has 0 saturated heterocycles.